The van der Waals surface area contributed by atoms with Gasteiger partial charge in [0.25, 0.3) is 5.91 Å². The highest BCUT2D eigenvalue weighted by molar-refractivity contribution is 6.04. The molecule has 1 aromatic carbocycles. The molecule has 24 heavy (non-hydrogen) atoms. The van der Waals surface area contributed by atoms with Crippen LogP contribution >= 0.6 is 12.4 Å². The van der Waals surface area contributed by atoms with Crippen LogP contribution in [-0.4, -0.2) is 35.6 Å². The quantitative estimate of drug-likeness (QED) is 0.670. The molecule has 0 radical (unpaired) electrons. The molecular formula is C16H18ClN3O4. The molecule has 0 bridgehead atoms. The molecule has 2 heterocycles. The van der Waals surface area contributed by atoms with Crippen LogP contribution in [0.3, 0.4) is 0 Å². The molecule has 4 N–H and O–H groups in total. The molecule has 0 saturated carbocycles. The fourth-order valence-electron chi connectivity index (χ4n) is 2.42. The van der Waals surface area contributed by atoms with E-state index in [1.807, 2.05) is 0 Å². The SMILES string of the molecule is Cl.O=C(Nc1cccc(NC(=O)C2CC(O)CN2)c1)c1ccoc1. The minimum atomic E-state index is -0.494. The first-order valence-electron chi connectivity index (χ1n) is 7.28. The van der Waals surface area contributed by atoms with Crippen molar-refractivity contribution in [3.8, 4) is 0 Å². The smallest absolute Gasteiger partial charge is 0.258 e. The summed E-state index contributed by atoms with van der Waals surface area (Å²) in [6.07, 6.45) is 2.68. The van der Waals surface area contributed by atoms with Gasteiger partial charge in [-0.05, 0) is 30.7 Å². The summed E-state index contributed by atoms with van der Waals surface area (Å²) in [7, 11) is 0. The second kappa shape index (κ2) is 7.96. The first-order valence-corrected chi connectivity index (χ1v) is 7.28. The standard InChI is InChI=1S/C16H17N3O4.ClH/c20-13-7-14(17-8-13)16(22)19-12-3-1-2-11(6-12)18-15(21)10-4-5-23-9-10;/h1-6,9,13-14,17,20H,7-8H2,(H,18,21)(H,19,22);1H. The van der Waals surface area contributed by atoms with Crippen LogP contribution in [0.4, 0.5) is 11.4 Å². The molecule has 7 nitrogen and oxygen atoms in total. The Hall–Kier alpha value is -2.35. The van der Waals surface area contributed by atoms with E-state index in [1.165, 1.54) is 12.5 Å². The molecule has 1 fully saturated rings. The molecule has 1 aromatic heterocycles. The zero-order valence-electron chi connectivity index (χ0n) is 12.7. The van der Waals surface area contributed by atoms with Crippen LogP contribution in [0.2, 0.25) is 0 Å². The maximum Gasteiger partial charge on any atom is 0.258 e. The Morgan fingerprint density at radius 3 is 2.58 bits per heavy atom. The van der Waals surface area contributed by atoms with E-state index in [0.717, 1.165) is 0 Å². The molecule has 1 saturated heterocycles. The Labute approximate surface area is 144 Å². The van der Waals surface area contributed by atoms with E-state index >= 15 is 0 Å². The van der Waals surface area contributed by atoms with Crippen LogP contribution in [0.25, 0.3) is 0 Å². The fraction of sp³-hybridized carbons (Fsp3) is 0.250. The van der Waals surface area contributed by atoms with Gasteiger partial charge in [0.15, 0.2) is 0 Å². The molecule has 2 amide bonds. The second-order valence-corrected chi connectivity index (χ2v) is 5.39. The summed E-state index contributed by atoms with van der Waals surface area (Å²) < 4.78 is 4.87. The zero-order valence-corrected chi connectivity index (χ0v) is 13.5. The topological polar surface area (TPSA) is 104 Å². The summed E-state index contributed by atoms with van der Waals surface area (Å²) in [5.41, 5.74) is 1.56. The molecular weight excluding hydrogens is 334 g/mol. The number of furan rings is 1. The predicted molar refractivity (Wildman–Crippen MR) is 91.4 cm³/mol. The van der Waals surface area contributed by atoms with E-state index in [1.54, 1.807) is 30.3 Å². The maximum absolute atomic E-state index is 12.1. The second-order valence-electron chi connectivity index (χ2n) is 5.39. The highest BCUT2D eigenvalue weighted by Crippen LogP contribution is 2.17. The molecule has 2 atom stereocenters. The Morgan fingerprint density at radius 1 is 1.21 bits per heavy atom. The van der Waals surface area contributed by atoms with E-state index in [9.17, 15) is 14.7 Å². The Kier molecular flexibility index (Phi) is 5.97. The van der Waals surface area contributed by atoms with Gasteiger partial charge < -0.3 is 25.5 Å². The van der Waals surface area contributed by atoms with Crippen molar-refractivity contribution in [3.05, 3.63) is 48.4 Å². The van der Waals surface area contributed by atoms with Gasteiger partial charge in [0.05, 0.1) is 24.0 Å². The molecule has 2 unspecified atom stereocenters. The molecule has 0 spiro atoms. The largest absolute Gasteiger partial charge is 0.472 e. The first kappa shape index (κ1) is 18.0. The van der Waals surface area contributed by atoms with Gasteiger partial charge in [-0.15, -0.1) is 12.4 Å². The molecule has 3 rings (SSSR count). The van der Waals surface area contributed by atoms with Gasteiger partial charge >= 0.3 is 0 Å². The van der Waals surface area contributed by atoms with Crippen molar-refractivity contribution < 1.29 is 19.1 Å². The lowest BCUT2D eigenvalue weighted by Crippen LogP contribution is -2.35. The molecule has 1 aliphatic rings. The lowest BCUT2D eigenvalue weighted by molar-refractivity contribution is -0.117. The van der Waals surface area contributed by atoms with Crippen molar-refractivity contribution in [1.29, 1.82) is 0 Å². The normalized spacial score (nSPS) is 19.4. The van der Waals surface area contributed by atoms with Crippen molar-refractivity contribution in [2.45, 2.75) is 18.6 Å². The third-order valence-electron chi connectivity index (χ3n) is 3.60. The number of β-amino-alcohol motifs (C(OH)–C–C–N with tert-alkyl or cyclic N) is 1. The number of benzene rings is 1. The van der Waals surface area contributed by atoms with Gasteiger partial charge in [-0.2, -0.15) is 0 Å². The number of amides is 2. The Morgan fingerprint density at radius 2 is 1.96 bits per heavy atom. The average molecular weight is 352 g/mol. The van der Waals surface area contributed by atoms with E-state index in [4.69, 9.17) is 4.42 Å². The number of carbonyl (C=O) groups excluding carboxylic acids is 2. The van der Waals surface area contributed by atoms with Crippen molar-refractivity contribution >= 4 is 35.6 Å². The third kappa shape index (κ3) is 4.35. The highest BCUT2D eigenvalue weighted by atomic mass is 35.5. The monoisotopic (exact) mass is 351 g/mol. The minimum Gasteiger partial charge on any atom is -0.472 e. The number of aliphatic hydroxyl groups excluding tert-OH is 1. The van der Waals surface area contributed by atoms with Gasteiger partial charge in [0.2, 0.25) is 5.91 Å². The summed E-state index contributed by atoms with van der Waals surface area (Å²) in [5, 5.41) is 17.9. The lowest BCUT2D eigenvalue weighted by Gasteiger charge is -2.12. The fourth-order valence-corrected chi connectivity index (χ4v) is 2.42. The summed E-state index contributed by atoms with van der Waals surface area (Å²) in [5.74, 6) is -0.498. The van der Waals surface area contributed by atoms with Crippen LogP contribution < -0.4 is 16.0 Å². The molecule has 128 valence electrons. The first-order chi connectivity index (χ1) is 11.1. The minimum absolute atomic E-state index is 0. The van der Waals surface area contributed by atoms with E-state index in [2.05, 4.69) is 16.0 Å². The van der Waals surface area contributed by atoms with Gasteiger partial charge in [0, 0.05) is 17.9 Å². The number of halogens is 1. The number of aliphatic hydroxyl groups is 1. The molecule has 2 aromatic rings. The number of carbonyl (C=O) groups is 2. The molecule has 8 heteroatoms. The number of hydrogen-bond acceptors (Lipinski definition) is 5. The summed E-state index contributed by atoms with van der Waals surface area (Å²) in [4.78, 5) is 24.1. The highest BCUT2D eigenvalue weighted by Gasteiger charge is 2.27. The van der Waals surface area contributed by atoms with Crippen LogP contribution in [0.5, 0.6) is 0 Å². The number of rotatable bonds is 4. The van der Waals surface area contributed by atoms with E-state index in [-0.39, 0.29) is 24.2 Å². The summed E-state index contributed by atoms with van der Waals surface area (Å²) >= 11 is 0. The zero-order chi connectivity index (χ0) is 16.2. The van der Waals surface area contributed by atoms with Gasteiger partial charge in [-0.3, -0.25) is 9.59 Å². The van der Waals surface area contributed by atoms with Crippen molar-refractivity contribution in [2.75, 3.05) is 17.2 Å². The van der Waals surface area contributed by atoms with Crippen molar-refractivity contribution in [1.82, 2.24) is 5.32 Å². The summed E-state index contributed by atoms with van der Waals surface area (Å²) in [6, 6.07) is 8.02. The predicted octanol–water partition coefficient (Wildman–Crippen LogP) is 1.61. The van der Waals surface area contributed by atoms with Crippen molar-refractivity contribution in [2.24, 2.45) is 0 Å². The molecule has 1 aliphatic heterocycles. The van der Waals surface area contributed by atoms with Gasteiger partial charge in [-0.1, -0.05) is 6.07 Å². The third-order valence-corrected chi connectivity index (χ3v) is 3.60. The summed E-state index contributed by atoms with van der Waals surface area (Å²) in [6.45, 7) is 0.416. The van der Waals surface area contributed by atoms with Crippen LogP contribution in [0, 0.1) is 0 Å². The Bertz CT molecular complexity index is 705. The molecule has 0 aliphatic carbocycles. The van der Waals surface area contributed by atoms with Crippen LogP contribution in [-0.2, 0) is 4.79 Å². The van der Waals surface area contributed by atoms with Crippen LogP contribution in [0.1, 0.15) is 16.8 Å². The average Bonchev–Trinajstić information content (AvgIpc) is 3.18. The van der Waals surface area contributed by atoms with E-state index < -0.39 is 12.1 Å². The number of nitrogens with one attached hydrogen (secondary N) is 3. The van der Waals surface area contributed by atoms with Gasteiger partial charge in [-0.25, -0.2) is 0 Å². The lowest BCUT2D eigenvalue weighted by atomic mass is 10.2. The number of anilines is 2. The number of hydrogen-bond donors (Lipinski definition) is 4. The maximum atomic E-state index is 12.1. The Balaban J connectivity index is 0.00000208. The van der Waals surface area contributed by atoms with Crippen LogP contribution in [0.15, 0.2) is 47.3 Å². The van der Waals surface area contributed by atoms with E-state index in [0.29, 0.717) is 29.9 Å². The van der Waals surface area contributed by atoms with Crippen molar-refractivity contribution in [3.63, 3.8) is 0 Å². The van der Waals surface area contributed by atoms with Gasteiger partial charge in [0.1, 0.15) is 6.26 Å².